The van der Waals surface area contributed by atoms with Gasteiger partial charge in [0.05, 0.1) is 16.3 Å². The minimum absolute atomic E-state index is 0.112. The van der Waals surface area contributed by atoms with E-state index in [1.165, 1.54) is 24.4 Å². The van der Waals surface area contributed by atoms with Crippen molar-refractivity contribution in [2.75, 3.05) is 43.4 Å². The van der Waals surface area contributed by atoms with Crippen LogP contribution in [0.2, 0.25) is 0 Å². The number of thiophene rings is 1. The van der Waals surface area contributed by atoms with Crippen molar-refractivity contribution in [1.29, 1.82) is 0 Å². The lowest BCUT2D eigenvalue weighted by atomic mass is 10.0. The molecule has 31 heavy (non-hydrogen) atoms. The molecule has 158 valence electrons. The lowest BCUT2D eigenvalue weighted by Crippen LogP contribution is -2.27. The summed E-state index contributed by atoms with van der Waals surface area (Å²) >= 11 is 1.45. The van der Waals surface area contributed by atoms with Gasteiger partial charge >= 0.3 is 0 Å². The van der Waals surface area contributed by atoms with Crippen LogP contribution < -0.4 is 10.2 Å². The summed E-state index contributed by atoms with van der Waals surface area (Å²) in [5.41, 5.74) is 2.56. The Morgan fingerprint density at radius 3 is 2.68 bits per heavy atom. The minimum atomic E-state index is -0.112. The molecule has 4 aromatic rings. The Bertz CT molecular complexity index is 1300. The fourth-order valence-corrected chi connectivity index (χ4v) is 5.92. The third kappa shape index (κ3) is 3.36. The quantitative estimate of drug-likeness (QED) is 0.537. The Morgan fingerprint density at radius 1 is 1.06 bits per heavy atom. The van der Waals surface area contributed by atoms with Gasteiger partial charge in [-0.1, -0.05) is 0 Å². The van der Waals surface area contributed by atoms with E-state index in [0.717, 1.165) is 58.0 Å². The largest absolute Gasteiger partial charge is 0.356 e. The lowest BCUT2D eigenvalue weighted by molar-refractivity contribution is 0.103. The van der Waals surface area contributed by atoms with Gasteiger partial charge in [0.2, 0.25) is 0 Å². The summed E-state index contributed by atoms with van der Waals surface area (Å²) in [5.74, 6) is 2.39. The molecule has 2 fully saturated rings. The molecule has 2 atom stereocenters. The number of hydrogen-bond donors (Lipinski definition) is 1. The topological polar surface area (TPSA) is 65.8 Å². The van der Waals surface area contributed by atoms with Gasteiger partial charge < -0.3 is 19.5 Å². The van der Waals surface area contributed by atoms with Crippen LogP contribution in [0.5, 0.6) is 0 Å². The number of likely N-dealkylation sites (tertiary alicyclic amines) is 1. The maximum Gasteiger partial charge on any atom is 0.265 e. The molecule has 0 aliphatic carbocycles. The smallest absolute Gasteiger partial charge is 0.265 e. The number of aryl methyl sites for hydroxylation is 1. The molecule has 1 N–H and O–H groups in total. The van der Waals surface area contributed by atoms with E-state index in [9.17, 15) is 4.79 Å². The third-order valence-corrected chi connectivity index (χ3v) is 7.46. The van der Waals surface area contributed by atoms with Crippen LogP contribution in [0.15, 0.2) is 42.7 Å². The van der Waals surface area contributed by atoms with E-state index in [2.05, 4.69) is 39.3 Å². The highest BCUT2D eigenvalue weighted by Crippen LogP contribution is 2.34. The highest BCUT2D eigenvalue weighted by molar-refractivity contribution is 7.20. The number of anilines is 2. The van der Waals surface area contributed by atoms with Crippen LogP contribution in [0.25, 0.3) is 15.9 Å². The van der Waals surface area contributed by atoms with Gasteiger partial charge in [0, 0.05) is 44.0 Å². The first-order valence-corrected chi connectivity index (χ1v) is 11.4. The van der Waals surface area contributed by atoms with Gasteiger partial charge in [-0.15, -0.1) is 11.3 Å². The molecule has 6 heterocycles. The summed E-state index contributed by atoms with van der Waals surface area (Å²) in [6, 6.07) is 9.90. The first-order chi connectivity index (χ1) is 15.0. The summed E-state index contributed by atoms with van der Waals surface area (Å²) < 4.78 is 1.92. The van der Waals surface area contributed by atoms with Gasteiger partial charge in [-0.3, -0.25) is 4.79 Å². The maximum atomic E-state index is 12.9. The zero-order valence-electron chi connectivity index (χ0n) is 17.6. The molecule has 2 aliphatic heterocycles. The molecule has 2 aliphatic rings. The van der Waals surface area contributed by atoms with E-state index in [0.29, 0.717) is 4.88 Å². The second-order valence-electron chi connectivity index (χ2n) is 8.84. The van der Waals surface area contributed by atoms with Crippen molar-refractivity contribution in [3.8, 4) is 0 Å². The standard InChI is InChI=1S/C23H24N6OS/c1-14-8-28-13-18(4-6-20(28)24-14)25-22(30)19-7-15-3-5-21(26-23(15)31-19)29-11-16-9-27(2)10-17(16)12-29/h3-8,13,16-17H,9-12H2,1-2H3,(H,25,30)/t16-,17+. The molecule has 6 rings (SSSR count). The summed E-state index contributed by atoms with van der Waals surface area (Å²) in [7, 11) is 2.21. The molecule has 1 amide bonds. The predicted octanol–water partition coefficient (Wildman–Crippen LogP) is 3.50. The Balaban J connectivity index is 1.21. The van der Waals surface area contributed by atoms with Gasteiger partial charge in [-0.05, 0) is 56.1 Å². The summed E-state index contributed by atoms with van der Waals surface area (Å²) in [6.45, 7) is 6.45. The van der Waals surface area contributed by atoms with Crippen LogP contribution in [0.3, 0.4) is 0 Å². The molecular weight excluding hydrogens is 408 g/mol. The number of nitrogens with zero attached hydrogens (tertiary/aromatic N) is 5. The van der Waals surface area contributed by atoms with Crippen molar-refractivity contribution in [3.05, 3.63) is 53.3 Å². The molecule has 0 radical (unpaired) electrons. The number of amides is 1. The Labute approximate surface area is 184 Å². The predicted molar refractivity (Wildman–Crippen MR) is 124 cm³/mol. The van der Waals surface area contributed by atoms with Gasteiger partial charge in [0.15, 0.2) is 0 Å². The van der Waals surface area contributed by atoms with Crippen LogP contribution in [-0.2, 0) is 0 Å². The van der Waals surface area contributed by atoms with E-state index in [4.69, 9.17) is 4.98 Å². The molecular formula is C23H24N6OS. The second-order valence-corrected chi connectivity index (χ2v) is 9.87. The molecule has 0 unspecified atom stereocenters. The van der Waals surface area contributed by atoms with E-state index in [1.807, 2.05) is 41.9 Å². The van der Waals surface area contributed by atoms with Crippen LogP contribution >= 0.6 is 11.3 Å². The average Bonchev–Trinajstić information content (AvgIpc) is 3.47. The minimum Gasteiger partial charge on any atom is -0.356 e. The van der Waals surface area contributed by atoms with Crippen molar-refractivity contribution in [2.24, 2.45) is 11.8 Å². The maximum absolute atomic E-state index is 12.9. The van der Waals surface area contributed by atoms with E-state index in [-0.39, 0.29) is 5.91 Å². The number of pyridine rings is 2. The van der Waals surface area contributed by atoms with Crippen molar-refractivity contribution in [3.63, 3.8) is 0 Å². The van der Waals surface area contributed by atoms with Crippen molar-refractivity contribution >= 4 is 44.6 Å². The van der Waals surface area contributed by atoms with Crippen molar-refractivity contribution < 1.29 is 4.79 Å². The van der Waals surface area contributed by atoms with E-state index < -0.39 is 0 Å². The molecule has 7 nitrogen and oxygen atoms in total. The zero-order valence-corrected chi connectivity index (χ0v) is 18.4. The van der Waals surface area contributed by atoms with Gasteiger partial charge in [0.25, 0.3) is 5.91 Å². The van der Waals surface area contributed by atoms with Gasteiger partial charge in [0.1, 0.15) is 16.3 Å². The number of fused-ring (bicyclic) bond motifs is 3. The number of carbonyl (C=O) groups excluding carboxylic acids is 1. The normalized spacial score (nSPS) is 21.3. The molecule has 0 bridgehead atoms. The Kier molecular flexibility index (Phi) is 4.26. The molecule has 0 saturated carbocycles. The molecule has 0 aromatic carbocycles. The first-order valence-electron chi connectivity index (χ1n) is 10.6. The monoisotopic (exact) mass is 432 g/mol. The first kappa shape index (κ1) is 18.8. The fourth-order valence-electron chi connectivity index (χ4n) is 5.00. The number of imidazole rings is 1. The molecule has 4 aromatic heterocycles. The van der Waals surface area contributed by atoms with Crippen LogP contribution in [0.1, 0.15) is 15.4 Å². The van der Waals surface area contributed by atoms with Crippen molar-refractivity contribution in [2.45, 2.75) is 6.92 Å². The highest BCUT2D eigenvalue weighted by Gasteiger charge is 2.39. The van der Waals surface area contributed by atoms with Gasteiger partial charge in [-0.2, -0.15) is 0 Å². The molecule has 0 spiro atoms. The average molecular weight is 433 g/mol. The number of aromatic nitrogens is 3. The third-order valence-electron chi connectivity index (χ3n) is 6.41. The Hall–Kier alpha value is -2.97. The van der Waals surface area contributed by atoms with Crippen LogP contribution in [0.4, 0.5) is 11.5 Å². The number of nitrogens with one attached hydrogen (secondary N) is 1. The van der Waals surface area contributed by atoms with Crippen LogP contribution in [0, 0.1) is 18.8 Å². The van der Waals surface area contributed by atoms with E-state index >= 15 is 0 Å². The van der Waals surface area contributed by atoms with Crippen molar-refractivity contribution in [1.82, 2.24) is 19.3 Å². The number of hydrogen-bond acceptors (Lipinski definition) is 6. The summed E-state index contributed by atoms with van der Waals surface area (Å²) in [4.78, 5) is 28.6. The summed E-state index contributed by atoms with van der Waals surface area (Å²) in [6.07, 6.45) is 3.83. The fraction of sp³-hybridized carbons (Fsp3) is 0.348. The second kappa shape index (κ2) is 7.03. The van der Waals surface area contributed by atoms with E-state index in [1.54, 1.807) is 0 Å². The lowest BCUT2D eigenvalue weighted by Gasteiger charge is -2.20. The number of carbonyl (C=O) groups is 1. The zero-order chi connectivity index (χ0) is 21.1. The molecule has 8 heteroatoms. The summed E-state index contributed by atoms with van der Waals surface area (Å²) in [5, 5.41) is 4.01. The molecule has 2 saturated heterocycles. The highest BCUT2D eigenvalue weighted by atomic mass is 32.1. The van der Waals surface area contributed by atoms with Crippen LogP contribution in [-0.4, -0.2) is 58.4 Å². The Morgan fingerprint density at radius 2 is 1.87 bits per heavy atom. The van der Waals surface area contributed by atoms with Gasteiger partial charge in [-0.25, -0.2) is 9.97 Å². The SMILES string of the molecule is Cc1cn2cc(NC(=O)c3cc4ccc(N5C[C@H]6CN(C)C[C@H]6C5)nc4s3)ccc2n1. The number of rotatable bonds is 3.